The molecule has 20 heavy (non-hydrogen) atoms. The van der Waals surface area contributed by atoms with Gasteiger partial charge in [0.25, 0.3) is 5.91 Å². The summed E-state index contributed by atoms with van der Waals surface area (Å²) in [5, 5.41) is 14.9. The summed E-state index contributed by atoms with van der Waals surface area (Å²) in [6.07, 6.45) is 0. The number of phenolic OH excluding ortho intramolecular Hbond substituents is 1. The number of hydrogen-bond acceptors (Lipinski definition) is 3. The molecule has 0 aromatic heterocycles. The molecule has 0 unspecified atom stereocenters. The molecular formula is C15H14N2O3. The second-order valence-electron chi connectivity index (χ2n) is 4.23. The van der Waals surface area contributed by atoms with Crippen LogP contribution >= 0.6 is 0 Å². The van der Waals surface area contributed by atoms with Crippen molar-refractivity contribution in [1.82, 2.24) is 0 Å². The zero-order valence-corrected chi connectivity index (χ0v) is 10.9. The predicted molar refractivity (Wildman–Crippen MR) is 76.8 cm³/mol. The number of amides is 2. The van der Waals surface area contributed by atoms with Crippen LogP contribution in [-0.4, -0.2) is 16.9 Å². The van der Waals surface area contributed by atoms with E-state index in [0.29, 0.717) is 11.4 Å². The molecule has 0 saturated carbocycles. The maximum atomic E-state index is 12.0. The van der Waals surface area contributed by atoms with Crippen LogP contribution in [0.1, 0.15) is 17.3 Å². The molecule has 0 spiro atoms. The van der Waals surface area contributed by atoms with E-state index < -0.39 is 5.91 Å². The SMILES string of the molecule is CC(=O)Nc1cccc(NC(=O)c2ccccc2O)c1. The van der Waals surface area contributed by atoms with E-state index in [2.05, 4.69) is 10.6 Å². The number of rotatable bonds is 3. The van der Waals surface area contributed by atoms with Gasteiger partial charge in [-0.2, -0.15) is 0 Å². The number of hydrogen-bond donors (Lipinski definition) is 3. The highest BCUT2D eigenvalue weighted by Crippen LogP contribution is 2.19. The minimum atomic E-state index is -0.414. The first-order valence-electron chi connectivity index (χ1n) is 6.03. The largest absolute Gasteiger partial charge is 0.507 e. The van der Waals surface area contributed by atoms with Crippen LogP contribution < -0.4 is 10.6 Å². The lowest BCUT2D eigenvalue weighted by atomic mass is 10.2. The van der Waals surface area contributed by atoms with Gasteiger partial charge in [0.15, 0.2) is 0 Å². The van der Waals surface area contributed by atoms with E-state index in [4.69, 9.17) is 0 Å². The summed E-state index contributed by atoms with van der Waals surface area (Å²) in [7, 11) is 0. The van der Waals surface area contributed by atoms with Crippen molar-refractivity contribution in [2.45, 2.75) is 6.92 Å². The van der Waals surface area contributed by atoms with Gasteiger partial charge in [-0.05, 0) is 30.3 Å². The summed E-state index contributed by atoms with van der Waals surface area (Å²) in [5.74, 6) is -0.680. The average molecular weight is 270 g/mol. The Kier molecular flexibility index (Phi) is 4.00. The lowest BCUT2D eigenvalue weighted by Gasteiger charge is -2.08. The highest BCUT2D eigenvalue weighted by atomic mass is 16.3. The third-order valence-electron chi connectivity index (χ3n) is 2.59. The van der Waals surface area contributed by atoms with Crippen LogP contribution in [0.3, 0.4) is 0 Å². The summed E-state index contributed by atoms with van der Waals surface area (Å²) in [5.41, 5.74) is 1.31. The number of benzene rings is 2. The molecule has 2 rings (SSSR count). The van der Waals surface area contributed by atoms with Gasteiger partial charge >= 0.3 is 0 Å². The van der Waals surface area contributed by atoms with Gasteiger partial charge in [0.05, 0.1) is 5.56 Å². The van der Waals surface area contributed by atoms with Crippen molar-refractivity contribution in [2.75, 3.05) is 10.6 Å². The minimum Gasteiger partial charge on any atom is -0.507 e. The Morgan fingerprint density at radius 3 is 2.25 bits per heavy atom. The number of nitrogens with one attached hydrogen (secondary N) is 2. The third kappa shape index (κ3) is 3.35. The summed E-state index contributed by atoms with van der Waals surface area (Å²) < 4.78 is 0. The number of anilines is 2. The van der Waals surface area contributed by atoms with Gasteiger partial charge in [-0.3, -0.25) is 9.59 Å². The molecule has 0 aliphatic heterocycles. The molecule has 5 heteroatoms. The van der Waals surface area contributed by atoms with Gasteiger partial charge in [-0.15, -0.1) is 0 Å². The summed E-state index contributed by atoms with van der Waals surface area (Å²) in [6, 6.07) is 13.1. The fourth-order valence-corrected chi connectivity index (χ4v) is 1.74. The summed E-state index contributed by atoms with van der Waals surface area (Å²) >= 11 is 0. The smallest absolute Gasteiger partial charge is 0.259 e. The van der Waals surface area contributed by atoms with E-state index in [1.807, 2.05) is 0 Å². The molecule has 3 N–H and O–H groups in total. The molecule has 0 heterocycles. The molecule has 0 fully saturated rings. The predicted octanol–water partition coefficient (Wildman–Crippen LogP) is 2.60. The fourth-order valence-electron chi connectivity index (χ4n) is 1.74. The van der Waals surface area contributed by atoms with Gasteiger partial charge in [0.1, 0.15) is 5.75 Å². The zero-order chi connectivity index (χ0) is 14.5. The molecule has 0 atom stereocenters. The lowest BCUT2D eigenvalue weighted by Crippen LogP contribution is -2.12. The van der Waals surface area contributed by atoms with Crippen LogP contribution in [0.5, 0.6) is 5.75 Å². The Bertz CT molecular complexity index is 653. The van der Waals surface area contributed by atoms with E-state index >= 15 is 0 Å². The number of para-hydroxylation sites is 1. The highest BCUT2D eigenvalue weighted by molar-refractivity contribution is 6.06. The van der Waals surface area contributed by atoms with Gasteiger partial charge < -0.3 is 15.7 Å². The fraction of sp³-hybridized carbons (Fsp3) is 0.0667. The van der Waals surface area contributed by atoms with Gasteiger partial charge in [0, 0.05) is 18.3 Å². The van der Waals surface area contributed by atoms with Crippen LogP contribution in [0.2, 0.25) is 0 Å². The van der Waals surface area contributed by atoms with Crippen LogP contribution in [-0.2, 0) is 4.79 Å². The second-order valence-corrected chi connectivity index (χ2v) is 4.23. The molecule has 0 radical (unpaired) electrons. The first kappa shape index (κ1) is 13.6. The maximum absolute atomic E-state index is 12.0. The van der Waals surface area contributed by atoms with Crippen LogP contribution in [0, 0.1) is 0 Å². The first-order chi connectivity index (χ1) is 9.56. The third-order valence-corrected chi connectivity index (χ3v) is 2.59. The lowest BCUT2D eigenvalue weighted by molar-refractivity contribution is -0.114. The Labute approximate surface area is 116 Å². The van der Waals surface area contributed by atoms with E-state index in [1.54, 1.807) is 36.4 Å². The molecule has 5 nitrogen and oxygen atoms in total. The minimum absolute atomic E-state index is 0.0805. The van der Waals surface area contributed by atoms with Crippen LogP contribution in [0.15, 0.2) is 48.5 Å². The number of carbonyl (C=O) groups excluding carboxylic acids is 2. The molecule has 2 amide bonds. The Balaban J connectivity index is 2.16. The van der Waals surface area contributed by atoms with Crippen molar-refractivity contribution in [3.8, 4) is 5.75 Å². The van der Waals surface area contributed by atoms with Crippen LogP contribution in [0.25, 0.3) is 0 Å². The quantitative estimate of drug-likeness (QED) is 0.802. The Morgan fingerprint density at radius 2 is 1.60 bits per heavy atom. The first-order valence-corrected chi connectivity index (χ1v) is 6.03. The number of aromatic hydroxyl groups is 1. The molecule has 0 aliphatic carbocycles. The zero-order valence-electron chi connectivity index (χ0n) is 10.9. The summed E-state index contributed by atoms with van der Waals surface area (Å²) in [6.45, 7) is 1.41. The molecular weight excluding hydrogens is 256 g/mol. The van der Waals surface area contributed by atoms with Gasteiger partial charge in [-0.1, -0.05) is 18.2 Å². The van der Waals surface area contributed by atoms with E-state index in [-0.39, 0.29) is 17.2 Å². The monoisotopic (exact) mass is 270 g/mol. The topological polar surface area (TPSA) is 78.4 Å². The van der Waals surface area contributed by atoms with Crippen molar-refractivity contribution >= 4 is 23.2 Å². The molecule has 0 aliphatic rings. The molecule has 0 bridgehead atoms. The maximum Gasteiger partial charge on any atom is 0.259 e. The van der Waals surface area contributed by atoms with E-state index in [1.165, 1.54) is 19.1 Å². The molecule has 2 aromatic rings. The van der Waals surface area contributed by atoms with Crippen molar-refractivity contribution in [1.29, 1.82) is 0 Å². The number of phenols is 1. The Hall–Kier alpha value is -2.82. The highest BCUT2D eigenvalue weighted by Gasteiger charge is 2.10. The van der Waals surface area contributed by atoms with Crippen molar-refractivity contribution in [2.24, 2.45) is 0 Å². The van der Waals surface area contributed by atoms with Crippen LogP contribution in [0.4, 0.5) is 11.4 Å². The normalized spacial score (nSPS) is 9.85. The van der Waals surface area contributed by atoms with Gasteiger partial charge in [0.2, 0.25) is 5.91 Å². The molecule has 2 aromatic carbocycles. The standard InChI is InChI=1S/C15H14N2O3/c1-10(18)16-11-5-4-6-12(9-11)17-15(20)13-7-2-3-8-14(13)19/h2-9,19H,1H3,(H,16,18)(H,17,20). The van der Waals surface area contributed by atoms with Crippen molar-refractivity contribution in [3.05, 3.63) is 54.1 Å². The number of carbonyl (C=O) groups is 2. The van der Waals surface area contributed by atoms with E-state index in [0.717, 1.165) is 0 Å². The molecule has 0 saturated heterocycles. The van der Waals surface area contributed by atoms with Crippen molar-refractivity contribution < 1.29 is 14.7 Å². The van der Waals surface area contributed by atoms with E-state index in [9.17, 15) is 14.7 Å². The van der Waals surface area contributed by atoms with Gasteiger partial charge in [-0.25, -0.2) is 0 Å². The summed E-state index contributed by atoms with van der Waals surface area (Å²) in [4.78, 5) is 23.0. The average Bonchev–Trinajstić information content (AvgIpc) is 2.38. The van der Waals surface area contributed by atoms with Crippen molar-refractivity contribution in [3.63, 3.8) is 0 Å². The molecule has 102 valence electrons. The Morgan fingerprint density at radius 1 is 0.950 bits per heavy atom. The second kappa shape index (κ2) is 5.88.